The molecule has 1 fully saturated rings. The summed E-state index contributed by atoms with van der Waals surface area (Å²) in [5.74, 6) is 1.50. The van der Waals surface area contributed by atoms with Crippen molar-refractivity contribution in [2.75, 3.05) is 40.8 Å². The summed E-state index contributed by atoms with van der Waals surface area (Å²) in [4.78, 5) is 4.70. The SMILES string of the molecule is CN(C)CCN(C)CC1CC(C(C)(C)C)CCC1N. The summed E-state index contributed by atoms with van der Waals surface area (Å²) in [6.45, 7) is 10.5. The number of nitrogens with two attached hydrogens (primary N) is 1. The largest absolute Gasteiger partial charge is 0.327 e. The zero-order valence-corrected chi connectivity index (χ0v) is 13.9. The molecule has 3 heteroatoms. The van der Waals surface area contributed by atoms with Crippen molar-refractivity contribution < 1.29 is 0 Å². The highest BCUT2D eigenvalue weighted by molar-refractivity contribution is 4.88. The van der Waals surface area contributed by atoms with E-state index in [1.165, 1.54) is 19.3 Å². The molecule has 0 aromatic rings. The van der Waals surface area contributed by atoms with Gasteiger partial charge in [0.1, 0.15) is 0 Å². The van der Waals surface area contributed by atoms with Crippen molar-refractivity contribution in [1.82, 2.24) is 9.80 Å². The Morgan fingerprint density at radius 3 is 2.21 bits per heavy atom. The normalized spacial score (nSPS) is 29.2. The van der Waals surface area contributed by atoms with Crippen LogP contribution in [-0.2, 0) is 0 Å². The fourth-order valence-electron chi connectivity index (χ4n) is 3.15. The van der Waals surface area contributed by atoms with Crippen LogP contribution in [0.1, 0.15) is 40.0 Å². The summed E-state index contributed by atoms with van der Waals surface area (Å²) in [6, 6.07) is 0.403. The minimum Gasteiger partial charge on any atom is -0.327 e. The molecule has 0 aromatic heterocycles. The third-order valence-corrected chi connectivity index (χ3v) is 4.74. The van der Waals surface area contributed by atoms with Crippen molar-refractivity contribution in [1.29, 1.82) is 0 Å². The van der Waals surface area contributed by atoms with Crippen LogP contribution in [-0.4, -0.2) is 56.6 Å². The number of likely N-dealkylation sites (N-methyl/N-ethyl adjacent to an activating group) is 2. The van der Waals surface area contributed by atoms with Gasteiger partial charge >= 0.3 is 0 Å². The van der Waals surface area contributed by atoms with E-state index in [0.29, 0.717) is 17.4 Å². The van der Waals surface area contributed by atoms with Crippen LogP contribution < -0.4 is 5.73 Å². The average Bonchev–Trinajstić information content (AvgIpc) is 2.28. The molecule has 0 aliphatic heterocycles. The first-order valence-corrected chi connectivity index (χ1v) is 7.79. The molecule has 3 unspecified atom stereocenters. The highest BCUT2D eigenvalue weighted by Crippen LogP contribution is 2.39. The summed E-state index contributed by atoms with van der Waals surface area (Å²) in [5, 5.41) is 0. The van der Waals surface area contributed by atoms with E-state index in [0.717, 1.165) is 25.6 Å². The van der Waals surface area contributed by atoms with Gasteiger partial charge in [0.25, 0.3) is 0 Å². The first-order valence-electron chi connectivity index (χ1n) is 7.79. The smallest absolute Gasteiger partial charge is 0.0106 e. The lowest BCUT2D eigenvalue weighted by Crippen LogP contribution is -2.45. The molecule has 0 spiro atoms. The Morgan fingerprint density at radius 2 is 1.68 bits per heavy atom. The van der Waals surface area contributed by atoms with Gasteiger partial charge in [-0.2, -0.15) is 0 Å². The van der Waals surface area contributed by atoms with E-state index in [1.54, 1.807) is 0 Å². The van der Waals surface area contributed by atoms with Gasteiger partial charge in [0.05, 0.1) is 0 Å². The topological polar surface area (TPSA) is 32.5 Å². The van der Waals surface area contributed by atoms with Crippen molar-refractivity contribution in [2.45, 2.75) is 46.1 Å². The fraction of sp³-hybridized carbons (Fsp3) is 1.00. The summed E-state index contributed by atoms with van der Waals surface area (Å²) < 4.78 is 0. The molecule has 1 aliphatic rings. The second-order valence-electron chi connectivity index (χ2n) is 7.87. The van der Waals surface area contributed by atoms with Gasteiger partial charge in [-0.25, -0.2) is 0 Å². The van der Waals surface area contributed by atoms with Crippen LogP contribution in [0.5, 0.6) is 0 Å². The standard InChI is InChI=1S/C16H35N3/c1-16(2,3)14-7-8-15(17)13(11-14)12-19(6)10-9-18(4)5/h13-15H,7-12,17H2,1-6H3. The van der Waals surface area contributed by atoms with Gasteiger partial charge in [0, 0.05) is 25.7 Å². The quantitative estimate of drug-likeness (QED) is 0.831. The molecule has 1 rings (SSSR count). The molecule has 3 nitrogen and oxygen atoms in total. The molecule has 1 saturated carbocycles. The Kier molecular flexibility index (Phi) is 6.28. The third-order valence-electron chi connectivity index (χ3n) is 4.74. The Hall–Kier alpha value is -0.120. The monoisotopic (exact) mass is 269 g/mol. The Balaban J connectivity index is 2.46. The molecule has 1 aliphatic carbocycles. The molecule has 3 atom stereocenters. The molecule has 19 heavy (non-hydrogen) atoms. The van der Waals surface area contributed by atoms with E-state index in [9.17, 15) is 0 Å². The van der Waals surface area contributed by atoms with Crippen LogP contribution in [0, 0.1) is 17.3 Å². The molecule has 0 saturated heterocycles. The van der Waals surface area contributed by atoms with Gasteiger partial charge in [-0.3, -0.25) is 0 Å². The van der Waals surface area contributed by atoms with Crippen LogP contribution >= 0.6 is 0 Å². The summed E-state index contributed by atoms with van der Waals surface area (Å²) in [5.41, 5.74) is 6.78. The highest BCUT2D eigenvalue weighted by Gasteiger charge is 2.34. The third kappa shape index (κ3) is 5.80. The number of hydrogen-bond acceptors (Lipinski definition) is 3. The van der Waals surface area contributed by atoms with Crippen LogP contribution in [0.3, 0.4) is 0 Å². The molecule has 0 amide bonds. The lowest BCUT2D eigenvalue weighted by Gasteiger charge is -2.42. The lowest BCUT2D eigenvalue weighted by atomic mass is 9.67. The molecular formula is C16H35N3. The molecule has 114 valence electrons. The maximum atomic E-state index is 6.35. The van der Waals surface area contributed by atoms with Crippen molar-refractivity contribution >= 4 is 0 Å². The van der Waals surface area contributed by atoms with Gasteiger partial charge in [-0.15, -0.1) is 0 Å². The fourth-order valence-corrected chi connectivity index (χ4v) is 3.15. The minimum absolute atomic E-state index is 0.403. The second kappa shape index (κ2) is 7.05. The maximum Gasteiger partial charge on any atom is 0.0106 e. The van der Waals surface area contributed by atoms with E-state index in [1.807, 2.05) is 0 Å². The van der Waals surface area contributed by atoms with E-state index in [4.69, 9.17) is 5.73 Å². The molecule has 0 aromatic carbocycles. The zero-order valence-electron chi connectivity index (χ0n) is 13.9. The maximum absolute atomic E-state index is 6.35. The van der Waals surface area contributed by atoms with Crippen molar-refractivity contribution in [3.8, 4) is 0 Å². The van der Waals surface area contributed by atoms with Crippen LogP contribution in [0.2, 0.25) is 0 Å². The molecule has 0 heterocycles. The Morgan fingerprint density at radius 1 is 1.05 bits per heavy atom. The van der Waals surface area contributed by atoms with Gasteiger partial charge in [-0.1, -0.05) is 20.8 Å². The summed E-state index contributed by atoms with van der Waals surface area (Å²) in [7, 11) is 6.50. The molecular weight excluding hydrogens is 234 g/mol. The first kappa shape index (κ1) is 16.9. The van der Waals surface area contributed by atoms with Gasteiger partial charge in [-0.05, 0) is 57.7 Å². The van der Waals surface area contributed by atoms with E-state index in [-0.39, 0.29) is 0 Å². The zero-order chi connectivity index (χ0) is 14.6. The van der Waals surface area contributed by atoms with Crippen LogP contribution in [0.15, 0.2) is 0 Å². The second-order valence-corrected chi connectivity index (χ2v) is 7.87. The predicted molar refractivity (Wildman–Crippen MR) is 84.3 cm³/mol. The van der Waals surface area contributed by atoms with E-state index >= 15 is 0 Å². The lowest BCUT2D eigenvalue weighted by molar-refractivity contribution is 0.104. The van der Waals surface area contributed by atoms with Gasteiger partial charge < -0.3 is 15.5 Å². The number of nitrogens with zero attached hydrogens (tertiary/aromatic N) is 2. The number of hydrogen-bond donors (Lipinski definition) is 1. The number of rotatable bonds is 5. The predicted octanol–water partition coefficient (Wildman–Crippen LogP) is 2.27. The highest BCUT2D eigenvalue weighted by atomic mass is 15.1. The van der Waals surface area contributed by atoms with Gasteiger partial charge in [0.15, 0.2) is 0 Å². The van der Waals surface area contributed by atoms with Crippen LogP contribution in [0.4, 0.5) is 0 Å². The summed E-state index contributed by atoms with van der Waals surface area (Å²) >= 11 is 0. The van der Waals surface area contributed by atoms with Crippen molar-refractivity contribution in [2.24, 2.45) is 23.0 Å². The molecule has 2 N–H and O–H groups in total. The van der Waals surface area contributed by atoms with Crippen LogP contribution in [0.25, 0.3) is 0 Å². The summed E-state index contributed by atoms with van der Waals surface area (Å²) in [6.07, 6.45) is 3.81. The Bertz CT molecular complexity index is 257. The van der Waals surface area contributed by atoms with Crippen molar-refractivity contribution in [3.05, 3.63) is 0 Å². The minimum atomic E-state index is 0.403. The average molecular weight is 269 g/mol. The van der Waals surface area contributed by atoms with E-state index < -0.39 is 0 Å². The van der Waals surface area contributed by atoms with Crippen molar-refractivity contribution in [3.63, 3.8) is 0 Å². The molecule has 0 radical (unpaired) electrons. The van der Waals surface area contributed by atoms with E-state index in [2.05, 4.69) is 51.7 Å². The van der Waals surface area contributed by atoms with Gasteiger partial charge in [0.2, 0.25) is 0 Å². The first-order chi connectivity index (χ1) is 8.70. The molecule has 0 bridgehead atoms. The Labute approximate surface area is 120 Å².